The Morgan fingerprint density at radius 3 is 2.38 bits per heavy atom. The van der Waals surface area contributed by atoms with Crippen molar-refractivity contribution < 1.29 is 23.9 Å². The maximum absolute atomic E-state index is 13.8. The number of aromatic nitrogens is 4. The highest BCUT2D eigenvalue weighted by atomic mass is 32.2. The number of rotatable bonds is 4. The molecule has 0 radical (unpaired) electrons. The predicted molar refractivity (Wildman–Crippen MR) is 154 cm³/mol. The van der Waals surface area contributed by atoms with Gasteiger partial charge in [0.05, 0.1) is 18.9 Å². The van der Waals surface area contributed by atoms with Gasteiger partial charge in [-0.2, -0.15) is 0 Å². The molecule has 2 saturated heterocycles. The summed E-state index contributed by atoms with van der Waals surface area (Å²) >= 11 is 1.47. The maximum atomic E-state index is 13.8. The van der Waals surface area contributed by atoms with Crippen LogP contribution in [0, 0.1) is 41.4 Å². The fourth-order valence-corrected chi connectivity index (χ4v) is 8.10. The first-order chi connectivity index (χ1) is 19.0. The number of carbonyl (C=O) groups excluding carboxylic acids is 3. The quantitative estimate of drug-likeness (QED) is 0.530. The molecule has 9 atom stereocenters. The number of anilines is 1. The van der Waals surface area contributed by atoms with Crippen molar-refractivity contribution in [2.75, 3.05) is 18.1 Å². The zero-order chi connectivity index (χ0) is 29.1. The molecular formula is C29H43N5O5S. The van der Waals surface area contributed by atoms with Crippen LogP contribution in [0.5, 0.6) is 0 Å². The Kier molecular flexibility index (Phi) is 9.74. The Bertz CT molecular complexity index is 1220. The van der Waals surface area contributed by atoms with Crippen LogP contribution in [0.4, 0.5) is 5.82 Å². The summed E-state index contributed by atoms with van der Waals surface area (Å²) in [6.45, 7) is 12.7. The van der Waals surface area contributed by atoms with Crippen LogP contribution in [0.25, 0.3) is 11.2 Å². The molecule has 0 aromatic carbocycles. The van der Waals surface area contributed by atoms with Gasteiger partial charge < -0.3 is 19.8 Å². The second-order valence-corrected chi connectivity index (χ2v) is 13.3. The van der Waals surface area contributed by atoms with E-state index in [9.17, 15) is 14.4 Å². The molecule has 220 valence electrons. The Morgan fingerprint density at radius 1 is 0.950 bits per heavy atom. The van der Waals surface area contributed by atoms with Gasteiger partial charge in [-0.3, -0.25) is 14.4 Å². The van der Waals surface area contributed by atoms with E-state index in [-0.39, 0.29) is 48.0 Å². The molecule has 2 fully saturated rings. The Balaban J connectivity index is 1.58. The number of carbonyl (C=O) groups is 3. The van der Waals surface area contributed by atoms with Gasteiger partial charge in [-0.15, -0.1) is 11.8 Å². The predicted octanol–water partition coefficient (Wildman–Crippen LogP) is 4.16. The standard InChI is InChI=1S/C29H43N5O5S/c1-15-9-16(2)11-18(4)28(36)38-12-21-20(6)39-29(37)25(22(21)19(5)24(35)17(3)10-15)40-8-7-34-14-33-23-26(30)31-13-32-27(23)34/h13-22,25H,7-12H2,1-6H3,(H2,30,31,32)/t15?,16-,17-,18-,19-,20+,21?,22-,25?/m1/s1. The summed E-state index contributed by atoms with van der Waals surface area (Å²) in [4.78, 5) is 52.7. The number of ether oxygens (including phenoxy) is 2. The summed E-state index contributed by atoms with van der Waals surface area (Å²) in [6.07, 6.45) is 5.10. The maximum Gasteiger partial charge on any atom is 0.319 e. The average Bonchev–Trinajstić information content (AvgIpc) is 3.31. The summed E-state index contributed by atoms with van der Waals surface area (Å²) in [6, 6.07) is 0. The van der Waals surface area contributed by atoms with Crippen molar-refractivity contribution in [1.82, 2.24) is 19.5 Å². The van der Waals surface area contributed by atoms with Crippen LogP contribution in [0.2, 0.25) is 0 Å². The van der Waals surface area contributed by atoms with Gasteiger partial charge in [0.25, 0.3) is 0 Å². The molecule has 2 aromatic rings. The van der Waals surface area contributed by atoms with E-state index in [0.29, 0.717) is 41.1 Å². The van der Waals surface area contributed by atoms with E-state index in [1.54, 1.807) is 6.33 Å². The smallest absolute Gasteiger partial charge is 0.319 e. The lowest BCUT2D eigenvalue weighted by Gasteiger charge is -2.43. The zero-order valence-electron chi connectivity index (χ0n) is 24.4. The van der Waals surface area contributed by atoms with E-state index in [1.807, 2.05) is 32.3 Å². The van der Waals surface area contributed by atoms with Crippen LogP contribution in [0.3, 0.4) is 0 Å². The first-order valence-corrected chi connectivity index (χ1v) is 15.5. The highest BCUT2D eigenvalue weighted by molar-refractivity contribution is 8.00. The van der Waals surface area contributed by atoms with Gasteiger partial charge in [-0.25, -0.2) is 15.0 Å². The normalized spacial score (nSPS) is 34.5. The average molecular weight is 574 g/mol. The largest absolute Gasteiger partial charge is 0.465 e. The number of hydrogen-bond donors (Lipinski definition) is 1. The van der Waals surface area contributed by atoms with E-state index in [0.717, 1.165) is 19.3 Å². The molecule has 4 rings (SSSR count). The van der Waals surface area contributed by atoms with E-state index in [1.165, 1.54) is 18.1 Å². The molecule has 0 aliphatic carbocycles. The molecule has 2 aromatic heterocycles. The van der Waals surface area contributed by atoms with Crippen molar-refractivity contribution in [3.05, 3.63) is 12.7 Å². The topological polar surface area (TPSA) is 139 Å². The van der Waals surface area contributed by atoms with Crippen molar-refractivity contribution in [3.63, 3.8) is 0 Å². The van der Waals surface area contributed by atoms with Crippen LogP contribution in [-0.4, -0.2) is 61.0 Å². The fourth-order valence-electron chi connectivity index (χ4n) is 6.69. The van der Waals surface area contributed by atoms with E-state index < -0.39 is 17.3 Å². The number of cyclic esters (lactones) is 2. The van der Waals surface area contributed by atoms with Crippen LogP contribution >= 0.6 is 11.8 Å². The SMILES string of the molecule is CC1C[C@@H](C)C[C@@H](C)C(=O)OCC2[C@H](C(SCCn3cnc4c(N)ncnc43)C(=O)O[C@H]2C)[C@@H](C)C(=O)[C@H](C)C1. The Morgan fingerprint density at radius 2 is 1.65 bits per heavy atom. The third-order valence-corrected chi connectivity index (χ3v) is 9.97. The number of imidazole rings is 1. The Labute approximate surface area is 240 Å². The molecule has 10 nitrogen and oxygen atoms in total. The number of nitrogens with zero attached hydrogens (tertiary/aromatic N) is 4. The van der Waals surface area contributed by atoms with Crippen LogP contribution in [-0.2, 0) is 30.4 Å². The molecule has 4 heterocycles. The van der Waals surface area contributed by atoms with E-state index >= 15 is 0 Å². The van der Waals surface area contributed by atoms with Crippen molar-refractivity contribution in [2.24, 2.45) is 41.4 Å². The number of nitrogen functional groups attached to an aromatic ring is 1. The fraction of sp³-hybridized carbons (Fsp3) is 0.724. The second kappa shape index (κ2) is 12.9. The van der Waals surface area contributed by atoms with Gasteiger partial charge in [-0.1, -0.05) is 34.6 Å². The molecule has 0 bridgehead atoms. The van der Waals surface area contributed by atoms with Crippen molar-refractivity contribution in [2.45, 2.75) is 78.7 Å². The molecule has 2 N–H and O–H groups in total. The third kappa shape index (κ3) is 6.61. The molecule has 0 saturated carbocycles. The third-order valence-electron chi connectivity index (χ3n) is 8.69. The Hall–Kier alpha value is -2.69. The number of fused-ring (bicyclic) bond motifs is 2. The highest BCUT2D eigenvalue weighted by Gasteiger charge is 2.49. The van der Waals surface area contributed by atoms with Crippen LogP contribution < -0.4 is 5.73 Å². The zero-order valence-corrected chi connectivity index (χ0v) is 25.2. The lowest BCUT2D eigenvalue weighted by atomic mass is 9.71. The minimum Gasteiger partial charge on any atom is -0.465 e. The van der Waals surface area contributed by atoms with Gasteiger partial charge in [0.2, 0.25) is 0 Å². The number of Topliss-reactive ketones (excluding diaryl/α,β-unsaturated/α-hetero) is 1. The highest BCUT2D eigenvalue weighted by Crippen LogP contribution is 2.42. The first-order valence-electron chi connectivity index (χ1n) is 14.4. The second-order valence-electron chi connectivity index (χ2n) is 12.1. The molecular weight excluding hydrogens is 530 g/mol. The minimum atomic E-state index is -0.566. The van der Waals surface area contributed by atoms with E-state index in [2.05, 4.69) is 28.8 Å². The van der Waals surface area contributed by atoms with Gasteiger partial charge in [0.1, 0.15) is 29.0 Å². The monoisotopic (exact) mass is 573 g/mol. The summed E-state index contributed by atoms with van der Waals surface area (Å²) < 4.78 is 13.5. The molecule has 0 amide bonds. The summed E-state index contributed by atoms with van der Waals surface area (Å²) in [5, 5.41) is -0.566. The summed E-state index contributed by atoms with van der Waals surface area (Å²) in [5.41, 5.74) is 7.09. The first kappa shape index (κ1) is 30.3. The number of ketones is 1. The van der Waals surface area contributed by atoms with E-state index in [4.69, 9.17) is 15.2 Å². The minimum absolute atomic E-state index is 0.123. The molecule has 0 spiro atoms. The van der Waals surface area contributed by atoms with Crippen molar-refractivity contribution in [1.29, 1.82) is 0 Å². The van der Waals surface area contributed by atoms with Gasteiger partial charge in [0.15, 0.2) is 11.5 Å². The van der Waals surface area contributed by atoms with Gasteiger partial charge in [-0.05, 0) is 38.0 Å². The number of thioether (sulfide) groups is 1. The lowest BCUT2D eigenvalue weighted by Crippen LogP contribution is -2.52. The molecule has 2 aliphatic heterocycles. The lowest BCUT2D eigenvalue weighted by molar-refractivity contribution is -0.169. The number of aryl methyl sites for hydroxylation is 1. The molecule has 11 heteroatoms. The van der Waals surface area contributed by atoms with Crippen LogP contribution in [0.15, 0.2) is 12.7 Å². The molecule has 40 heavy (non-hydrogen) atoms. The van der Waals surface area contributed by atoms with Crippen LogP contribution in [0.1, 0.15) is 60.8 Å². The summed E-state index contributed by atoms with van der Waals surface area (Å²) in [5.74, 6) is -0.134. The van der Waals surface area contributed by atoms with Crippen molar-refractivity contribution >= 4 is 46.5 Å². The van der Waals surface area contributed by atoms with Gasteiger partial charge >= 0.3 is 11.9 Å². The summed E-state index contributed by atoms with van der Waals surface area (Å²) in [7, 11) is 0. The van der Waals surface area contributed by atoms with Crippen molar-refractivity contribution in [3.8, 4) is 0 Å². The molecule has 2 aliphatic rings. The number of esters is 2. The molecule has 3 unspecified atom stereocenters. The number of nitrogens with two attached hydrogens (primary N) is 1. The van der Waals surface area contributed by atoms with Gasteiger partial charge in [0, 0.05) is 36.0 Å². The number of hydrogen-bond acceptors (Lipinski definition) is 10.